The maximum atomic E-state index is 8.02. The predicted octanol–water partition coefficient (Wildman–Crippen LogP) is 1.51. The summed E-state index contributed by atoms with van der Waals surface area (Å²) in [5, 5.41) is 8.02. The molecule has 0 aliphatic carbocycles. The Morgan fingerprint density at radius 2 is 2.43 bits per heavy atom. The molecule has 0 aromatic carbocycles. The zero-order chi connectivity index (χ0) is 5.70. The Labute approximate surface area is 48.4 Å². The minimum atomic E-state index is 0.384. The third-order valence-corrected chi connectivity index (χ3v) is 0.639. The molecule has 2 heteroatoms. The zero-order valence-electron chi connectivity index (χ0n) is 3.76. The van der Waals surface area contributed by atoms with E-state index in [0.717, 1.165) is 0 Å². The van der Waals surface area contributed by atoms with Crippen molar-refractivity contribution in [2.45, 2.75) is 0 Å². The van der Waals surface area contributed by atoms with Crippen LogP contribution in [0.15, 0.2) is 23.6 Å². The highest BCUT2D eigenvalue weighted by atomic mass is 32.1. The molecule has 0 fully saturated rings. The van der Waals surface area contributed by atoms with Crippen molar-refractivity contribution in [1.82, 2.24) is 0 Å². The zero-order valence-corrected chi connectivity index (χ0v) is 4.65. The summed E-state index contributed by atoms with van der Waals surface area (Å²) in [7, 11) is 0. The van der Waals surface area contributed by atoms with Crippen molar-refractivity contribution >= 4 is 12.6 Å². The van der Waals surface area contributed by atoms with Gasteiger partial charge in [0.15, 0.2) is 0 Å². The average Bonchev–Trinajstić information content (AvgIpc) is 1.68. The van der Waals surface area contributed by atoms with Gasteiger partial charge in [0, 0.05) is 0 Å². The molecule has 0 spiro atoms. The van der Waals surface area contributed by atoms with Gasteiger partial charge in [0.25, 0.3) is 0 Å². The minimum absolute atomic E-state index is 0.384. The van der Waals surface area contributed by atoms with Gasteiger partial charge in [0.1, 0.15) is 6.07 Å². The molecule has 0 heterocycles. The maximum Gasteiger partial charge on any atom is 0.106 e. The van der Waals surface area contributed by atoms with Crippen molar-refractivity contribution in [1.29, 1.82) is 5.26 Å². The summed E-state index contributed by atoms with van der Waals surface area (Å²) in [6.07, 6.45) is 3.05. The van der Waals surface area contributed by atoms with Crippen LogP contribution >= 0.6 is 12.6 Å². The smallest absolute Gasteiger partial charge is 0.106 e. The molecule has 0 saturated heterocycles. The lowest BCUT2D eigenvalue weighted by atomic mass is 10.5. The first kappa shape index (κ1) is 6.32. The van der Waals surface area contributed by atoms with Crippen molar-refractivity contribution in [2.24, 2.45) is 0 Å². The van der Waals surface area contributed by atoms with Crippen LogP contribution < -0.4 is 0 Å². The molecule has 0 saturated carbocycles. The van der Waals surface area contributed by atoms with E-state index in [4.69, 9.17) is 5.26 Å². The molecule has 0 atom stereocenters. The third-order valence-electron chi connectivity index (χ3n) is 0.390. The molecule has 0 aliphatic heterocycles. The second-order valence-corrected chi connectivity index (χ2v) is 1.38. The second-order valence-electron chi connectivity index (χ2n) is 0.899. The normalized spacial score (nSPS) is 10.0. The summed E-state index contributed by atoms with van der Waals surface area (Å²) in [5.41, 5.74) is 0. The van der Waals surface area contributed by atoms with Crippen LogP contribution in [0, 0.1) is 11.3 Å². The molecule has 0 unspecified atom stereocenters. The molecule has 7 heavy (non-hydrogen) atoms. The number of allylic oxidation sites excluding steroid dienone is 3. The first-order chi connectivity index (χ1) is 3.31. The SMILES string of the molecule is C=C/C=C(\S)C#N. The van der Waals surface area contributed by atoms with Crippen molar-refractivity contribution < 1.29 is 0 Å². The Hall–Kier alpha value is -0.680. The first-order valence-electron chi connectivity index (χ1n) is 1.73. The monoisotopic (exact) mass is 111 g/mol. The Morgan fingerprint density at radius 1 is 1.86 bits per heavy atom. The van der Waals surface area contributed by atoms with Gasteiger partial charge >= 0.3 is 0 Å². The lowest BCUT2D eigenvalue weighted by Gasteiger charge is -1.71. The van der Waals surface area contributed by atoms with Gasteiger partial charge in [0.2, 0.25) is 0 Å². The topological polar surface area (TPSA) is 23.8 Å². The number of nitriles is 1. The lowest BCUT2D eigenvalue weighted by Crippen LogP contribution is -1.55. The summed E-state index contributed by atoms with van der Waals surface area (Å²) in [5.74, 6) is 0. The predicted molar refractivity (Wildman–Crippen MR) is 32.9 cm³/mol. The lowest BCUT2D eigenvalue weighted by molar-refractivity contribution is 1.53. The Kier molecular flexibility index (Phi) is 3.17. The summed E-state index contributed by atoms with van der Waals surface area (Å²) < 4.78 is 0. The van der Waals surface area contributed by atoms with E-state index >= 15 is 0 Å². The molecule has 0 N–H and O–H groups in total. The maximum absolute atomic E-state index is 8.02. The van der Waals surface area contributed by atoms with E-state index in [1.54, 1.807) is 0 Å². The molecule has 0 aromatic rings. The summed E-state index contributed by atoms with van der Waals surface area (Å²) in [6, 6.07) is 1.82. The minimum Gasteiger partial charge on any atom is -0.192 e. The van der Waals surface area contributed by atoms with E-state index in [2.05, 4.69) is 19.2 Å². The number of hydrogen-bond donors (Lipinski definition) is 1. The Morgan fingerprint density at radius 3 is 2.57 bits per heavy atom. The molecule has 0 radical (unpaired) electrons. The molecule has 1 nitrogen and oxygen atoms in total. The fourth-order valence-electron chi connectivity index (χ4n) is 0.149. The van der Waals surface area contributed by atoms with E-state index in [1.807, 2.05) is 6.07 Å². The molecule has 0 amide bonds. The van der Waals surface area contributed by atoms with Crippen LogP contribution in [-0.2, 0) is 0 Å². The first-order valence-corrected chi connectivity index (χ1v) is 2.17. The highest BCUT2D eigenvalue weighted by Crippen LogP contribution is 1.94. The van der Waals surface area contributed by atoms with Crippen molar-refractivity contribution in [3.8, 4) is 6.07 Å². The standard InChI is InChI=1S/C5H5NS/c1-2-3-5(7)4-6/h2-3,7H,1H2/b5-3-. The third kappa shape index (κ3) is 3.14. The number of nitrogens with zero attached hydrogens (tertiary/aromatic N) is 1. The van der Waals surface area contributed by atoms with Gasteiger partial charge < -0.3 is 0 Å². The van der Waals surface area contributed by atoms with E-state index in [0.29, 0.717) is 4.91 Å². The highest BCUT2D eigenvalue weighted by molar-refractivity contribution is 7.84. The molecular formula is C5H5NS. The summed E-state index contributed by atoms with van der Waals surface area (Å²) >= 11 is 3.74. The van der Waals surface area contributed by atoms with Gasteiger partial charge in [-0.25, -0.2) is 0 Å². The fraction of sp³-hybridized carbons (Fsp3) is 0. The second kappa shape index (κ2) is 3.51. The van der Waals surface area contributed by atoms with Gasteiger partial charge in [-0.05, 0) is 6.08 Å². The molecular weight excluding hydrogens is 106 g/mol. The van der Waals surface area contributed by atoms with Gasteiger partial charge in [-0.2, -0.15) is 5.26 Å². The van der Waals surface area contributed by atoms with Gasteiger partial charge in [-0.15, -0.1) is 12.6 Å². The number of rotatable bonds is 1. The number of hydrogen-bond acceptors (Lipinski definition) is 2. The van der Waals surface area contributed by atoms with E-state index in [-0.39, 0.29) is 0 Å². The largest absolute Gasteiger partial charge is 0.192 e. The van der Waals surface area contributed by atoms with Gasteiger partial charge in [-0.3, -0.25) is 0 Å². The molecule has 0 aliphatic rings. The van der Waals surface area contributed by atoms with Crippen molar-refractivity contribution in [2.75, 3.05) is 0 Å². The van der Waals surface area contributed by atoms with E-state index < -0.39 is 0 Å². The quantitative estimate of drug-likeness (QED) is 0.309. The molecule has 0 bridgehead atoms. The van der Waals surface area contributed by atoms with E-state index in [1.165, 1.54) is 12.2 Å². The fourth-order valence-corrected chi connectivity index (χ4v) is 0.254. The van der Waals surface area contributed by atoms with Crippen LogP contribution in [-0.4, -0.2) is 0 Å². The molecule has 36 valence electrons. The van der Waals surface area contributed by atoms with E-state index in [9.17, 15) is 0 Å². The van der Waals surface area contributed by atoms with Crippen LogP contribution in [0.4, 0.5) is 0 Å². The molecule has 0 rings (SSSR count). The Balaban J connectivity index is 3.80. The van der Waals surface area contributed by atoms with Crippen molar-refractivity contribution in [3.05, 3.63) is 23.6 Å². The van der Waals surface area contributed by atoms with Crippen LogP contribution in [0.5, 0.6) is 0 Å². The van der Waals surface area contributed by atoms with Crippen LogP contribution in [0.1, 0.15) is 0 Å². The molecule has 0 aromatic heterocycles. The Bertz CT molecular complexity index is 130. The van der Waals surface area contributed by atoms with Crippen LogP contribution in [0.3, 0.4) is 0 Å². The van der Waals surface area contributed by atoms with Crippen molar-refractivity contribution in [3.63, 3.8) is 0 Å². The highest BCUT2D eigenvalue weighted by Gasteiger charge is 1.74. The number of thiol groups is 1. The van der Waals surface area contributed by atoms with Crippen LogP contribution in [0.2, 0.25) is 0 Å². The summed E-state index contributed by atoms with van der Waals surface area (Å²) in [4.78, 5) is 0.384. The summed E-state index contributed by atoms with van der Waals surface area (Å²) in [6.45, 7) is 3.37. The van der Waals surface area contributed by atoms with Gasteiger partial charge in [-0.1, -0.05) is 12.7 Å². The van der Waals surface area contributed by atoms with Gasteiger partial charge in [0.05, 0.1) is 4.91 Å². The average molecular weight is 111 g/mol. The van der Waals surface area contributed by atoms with Crippen LogP contribution in [0.25, 0.3) is 0 Å².